The van der Waals surface area contributed by atoms with Gasteiger partial charge in [0.2, 0.25) is 5.91 Å². The molecular weight excluding hydrogens is 368 g/mol. The van der Waals surface area contributed by atoms with Gasteiger partial charge in [-0.2, -0.15) is 0 Å². The van der Waals surface area contributed by atoms with Crippen LogP contribution in [0.4, 0.5) is 5.69 Å². The van der Waals surface area contributed by atoms with Crippen molar-refractivity contribution in [3.63, 3.8) is 0 Å². The quantitative estimate of drug-likeness (QED) is 0.825. The lowest BCUT2D eigenvalue weighted by molar-refractivity contribution is -0.129. The Bertz CT molecular complexity index is 810. The second-order valence-corrected chi connectivity index (χ2v) is 6.68. The summed E-state index contributed by atoms with van der Waals surface area (Å²) in [6, 6.07) is 14.5. The molecule has 27 heavy (non-hydrogen) atoms. The minimum Gasteiger partial charge on any atom is -0.497 e. The molecule has 2 aromatic rings. The van der Waals surface area contributed by atoms with Crippen molar-refractivity contribution in [2.45, 2.75) is 12.5 Å². The Morgan fingerprint density at radius 1 is 1.30 bits per heavy atom. The van der Waals surface area contributed by atoms with Gasteiger partial charge >= 0.3 is 0 Å². The predicted octanol–water partition coefficient (Wildman–Crippen LogP) is 2.44. The SMILES string of the molecule is COc1ccc(CC(=O)NCC2CN(c3cccc(Cl)c3)C(=O)CO2)cc1. The van der Waals surface area contributed by atoms with Crippen molar-refractivity contribution in [3.8, 4) is 5.75 Å². The molecule has 7 heteroatoms. The lowest BCUT2D eigenvalue weighted by Crippen LogP contribution is -2.50. The number of hydrogen-bond acceptors (Lipinski definition) is 4. The van der Waals surface area contributed by atoms with Gasteiger partial charge < -0.3 is 19.7 Å². The fourth-order valence-corrected chi connectivity index (χ4v) is 3.05. The zero-order chi connectivity index (χ0) is 19.2. The van der Waals surface area contributed by atoms with Crippen LogP contribution in [0.25, 0.3) is 0 Å². The maximum atomic E-state index is 12.2. The average molecular weight is 389 g/mol. The summed E-state index contributed by atoms with van der Waals surface area (Å²) in [6.45, 7) is 0.673. The summed E-state index contributed by atoms with van der Waals surface area (Å²) in [5, 5.41) is 3.43. The summed E-state index contributed by atoms with van der Waals surface area (Å²) < 4.78 is 10.7. The number of nitrogens with zero attached hydrogens (tertiary/aromatic N) is 1. The Labute approximate surface area is 163 Å². The van der Waals surface area contributed by atoms with Gasteiger partial charge in [0, 0.05) is 17.3 Å². The molecule has 0 saturated carbocycles. The number of ether oxygens (including phenoxy) is 2. The second-order valence-electron chi connectivity index (χ2n) is 6.25. The first kappa shape index (κ1) is 19.2. The molecule has 1 fully saturated rings. The first-order valence-electron chi connectivity index (χ1n) is 8.62. The van der Waals surface area contributed by atoms with Crippen molar-refractivity contribution in [2.24, 2.45) is 0 Å². The van der Waals surface area contributed by atoms with Crippen molar-refractivity contribution >= 4 is 29.1 Å². The molecular formula is C20H21ClN2O4. The number of halogens is 1. The summed E-state index contributed by atoms with van der Waals surface area (Å²) in [5.74, 6) is 0.522. The molecule has 1 aliphatic rings. The monoisotopic (exact) mass is 388 g/mol. The van der Waals surface area contributed by atoms with Gasteiger partial charge in [-0.05, 0) is 35.9 Å². The Morgan fingerprint density at radius 2 is 2.07 bits per heavy atom. The molecule has 0 spiro atoms. The number of carbonyl (C=O) groups excluding carboxylic acids is 2. The molecule has 3 rings (SSSR count). The van der Waals surface area contributed by atoms with Crippen LogP contribution in [-0.2, 0) is 20.7 Å². The van der Waals surface area contributed by atoms with E-state index in [1.807, 2.05) is 30.3 Å². The van der Waals surface area contributed by atoms with Gasteiger partial charge in [-0.3, -0.25) is 9.59 Å². The largest absolute Gasteiger partial charge is 0.497 e. The smallest absolute Gasteiger partial charge is 0.253 e. The van der Waals surface area contributed by atoms with E-state index in [-0.39, 0.29) is 30.9 Å². The molecule has 142 valence electrons. The molecule has 1 atom stereocenters. The highest BCUT2D eigenvalue weighted by atomic mass is 35.5. The van der Waals surface area contributed by atoms with Crippen molar-refractivity contribution in [1.82, 2.24) is 5.32 Å². The van der Waals surface area contributed by atoms with E-state index in [2.05, 4.69) is 5.32 Å². The van der Waals surface area contributed by atoms with Gasteiger partial charge in [0.25, 0.3) is 5.91 Å². The van der Waals surface area contributed by atoms with Gasteiger partial charge in [-0.1, -0.05) is 29.8 Å². The third kappa shape index (κ3) is 5.21. The third-order valence-corrected chi connectivity index (χ3v) is 4.54. The third-order valence-electron chi connectivity index (χ3n) is 4.30. The highest BCUT2D eigenvalue weighted by Gasteiger charge is 2.27. The van der Waals surface area contributed by atoms with E-state index < -0.39 is 0 Å². The highest BCUT2D eigenvalue weighted by molar-refractivity contribution is 6.30. The van der Waals surface area contributed by atoms with E-state index in [4.69, 9.17) is 21.1 Å². The van der Waals surface area contributed by atoms with Crippen molar-refractivity contribution in [2.75, 3.05) is 31.7 Å². The molecule has 2 aromatic carbocycles. The summed E-state index contributed by atoms with van der Waals surface area (Å²) in [7, 11) is 1.60. The van der Waals surface area contributed by atoms with Crippen molar-refractivity contribution in [1.29, 1.82) is 0 Å². The van der Waals surface area contributed by atoms with Crippen LogP contribution in [0.1, 0.15) is 5.56 Å². The van der Waals surface area contributed by atoms with Crippen molar-refractivity contribution in [3.05, 3.63) is 59.1 Å². The first-order chi connectivity index (χ1) is 13.0. The summed E-state index contributed by atoms with van der Waals surface area (Å²) in [4.78, 5) is 26.0. The molecule has 1 saturated heterocycles. The number of amides is 2. The fourth-order valence-electron chi connectivity index (χ4n) is 2.86. The number of hydrogen-bond donors (Lipinski definition) is 1. The zero-order valence-electron chi connectivity index (χ0n) is 15.0. The maximum Gasteiger partial charge on any atom is 0.253 e. The van der Waals surface area contributed by atoms with Crippen LogP contribution in [-0.4, -0.2) is 44.7 Å². The van der Waals surface area contributed by atoms with Gasteiger partial charge in [0.15, 0.2) is 0 Å². The van der Waals surface area contributed by atoms with Gasteiger partial charge in [0.1, 0.15) is 12.4 Å². The van der Waals surface area contributed by atoms with E-state index in [9.17, 15) is 9.59 Å². The molecule has 1 unspecified atom stereocenters. The average Bonchev–Trinajstić information content (AvgIpc) is 2.68. The minimum absolute atomic E-state index is 0.0223. The van der Waals surface area contributed by atoms with Crippen LogP contribution < -0.4 is 15.0 Å². The standard InChI is InChI=1S/C20H21ClN2O4/c1-26-17-7-5-14(6-8-17)9-19(24)22-11-18-12-23(20(25)13-27-18)16-4-2-3-15(21)10-16/h2-8,10,18H,9,11-13H2,1H3,(H,22,24). The number of methoxy groups -OCH3 is 1. The minimum atomic E-state index is -0.276. The Kier molecular flexibility index (Phi) is 6.32. The van der Waals surface area contributed by atoms with Crippen LogP contribution in [0.2, 0.25) is 5.02 Å². The lowest BCUT2D eigenvalue weighted by Gasteiger charge is -2.33. The molecule has 6 nitrogen and oxygen atoms in total. The number of morpholine rings is 1. The number of benzene rings is 2. The molecule has 2 amide bonds. The summed E-state index contributed by atoms with van der Waals surface area (Å²) >= 11 is 6.01. The van der Waals surface area contributed by atoms with Gasteiger partial charge in [-0.25, -0.2) is 0 Å². The number of anilines is 1. The van der Waals surface area contributed by atoms with E-state index in [1.165, 1.54) is 0 Å². The lowest BCUT2D eigenvalue weighted by atomic mass is 10.1. The van der Waals surface area contributed by atoms with Crippen LogP contribution in [0, 0.1) is 0 Å². The number of nitrogens with one attached hydrogen (secondary N) is 1. The highest BCUT2D eigenvalue weighted by Crippen LogP contribution is 2.22. The Balaban J connectivity index is 1.52. The molecule has 0 bridgehead atoms. The maximum absolute atomic E-state index is 12.2. The zero-order valence-corrected chi connectivity index (χ0v) is 15.7. The van der Waals surface area contributed by atoms with E-state index >= 15 is 0 Å². The van der Waals surface area contributed by atoms with Crippen LogP contribution in [0.15, 0.2) is 48.5 Å². The molecule has 1 heterocycles. The molecule has 0 radical (unpaired) electrons. The molecule has 0 aliphatic carbocycles. The summed E-state index contributed by atoms with van der Waals surface area (Å²) in [6.07, 6.45) is -0.00491. The fraction of sp³-hybridized carbons (Fsp3) is 0.300. The van der Waals surface area contributed by atoms with Gasteiger partial charge in [-0.15, -0.1) is 0 Å². The van der Waals surface area contributed by atoms with Gasteiger partial charge in [0.05, 0.1) is 26.2 Å². The topological polar surface area (TPSA) is 67.9 Å². The Hall–Kier alpha value is -2.57. The Morgan fingerprint density at radius 3 is 2.78 bits per heavy atom. The predicted molar refractivity (Wildman–Crippen MR) is 103 cm³/mol. The molecule has 1 N–H and O–H groups in total. The molecule has 1 aliphatic heterocycles. The first-order valence-corrected chi connectivity index (χ1v) is 9.00. The van der Waals surface area contributed by atoms with Crippen molar-refractivity contribution < 1.29 is 19.1 Å². The van der Waals surface area contributed by atoms with Crippen LogP contribution in [0.3, 0.4) is 0 Å². The second kappa shape index (κ2) is 8.88. The number of rotatable bonds is 6. The van der Waals surface area contributed by atoms with E-state index in [0.717, 1.165) is 17.0 Å². The molecule has 0 aromatic heterocycles. The van der Waals surface area contributed by atoms with E-state index in [0.29, 0.717) is 18.1 Å². The number of carbonyl (C=O) groups is 2. The summed E-state index contributed by atoms with van der Waals surface area (Å²) in [5.41, 5.74) is 1.62. The van der Waals surface area contributed by atoms with E-state index in [1.54, 1.807) is 30.2 Å². The normalized spacial score (nSPS) is 16.9. The van der Waals surface area contributed by atoms with Crippen LogP contribution >= 0.6 is 11.6 Å². The van der Waals surface area contributed by atoms with Crippen LogP contribution in [0.5, 0.6) is 5.75 Å².